The topological polar surface area (TPSA) is 69.6 Å². The summed E-state index contributed by atoms with van der Waals surface area (Å²) < 4.78 is 26.9. The summed E-state index contributed by atoms with van der Waals surface area (Å²) in [7, 11) is 0. The average molecular weight is 346 g/mol. The molecule has 1 atom stereocenters. The average Bonchev–Trinajstić information content (AvgIpc) is 2.93. The summed E-state index contributed by atoms with van der Waals surface area (Å²) in [5.41, 5.74) is 1.05. The van der Waals surface area contributed by atoms with Crippen LogP contribution in [0.5, 0.6) is 5.75 Å². The highest BCUT2D eigenvalue weighted by molar-refractivity contribution is 6.04. The molecule has 1 unspecified atom stereocenters. The van der Waals surface area contributed by atoms with Gasteiger partial charge in [-0.1, -0.05) is 6.07 Å². The highest BCUT2D eigenvalue weighted by atomic mass is 19.1. The van der Waals surface area contributed by atoms with Crippen molar-refractivity contribution in [2.75, 3.05) is 16.8 Å². The summed E-state index contributed by atoms with van der Waals surface area (Å²) in [6, 6.07) is 7.70. The van der Waals surface area contributed by atoms with Gasteiger partial charge in [-0.05, 0) is 36.8 Å². The molecule has 2 N–H and O–H groups in total. The Labute approximate surface area is 142 Å². The third kappa shape index (κ3) is 3.45. The lowest BCUT2D eigenvalue weighted by Gasteiger charge is -2.17. The van der Waals surface area contributed by atoms with E-state index in [2.05, 4.69) is 5.32 Å². The Morgan fingerprint density at radius 2 is 2.00 bits per heavy atom. The molecular weight excluding hydrogens is 330 g/mol. The molecule has 0 saturated carbocycles. The number of aromatic hydroxyl groups is 1. The molecule has 1 saturated heterocycles. The lowest BCUT2D eigenvalue weighted by molar-refractivity contribution is -0.122. The van der Waals surface area contributed by atoms with E-state index in [9.17, 15) is 23.5 Å². The van der Waals surface area contributed by atoms with E-state index >= 15 is 0 Å². The fraction of sp³-hybridized carbons (Fsp3) is 0.222. The van der Waals surface area contributed by atoms with Gasteiger partial charge in [-0.15, -0.1) is 0 Å². The second-order valence-electron chi connectivity index (χ2n) is 6.01. The molecule has 0 radical (unpaired) electrons. The Bertz CT molecular complexity index is 854. The molecule has 2 aromatic rings. The van der Waals surface area contributed by atoms with Crippen LogP contribution in [0.2, 0.25) is 0 Å². The van der Waals surface area contributed by atoms with Crippen molar-refractivity contribution in [2.24, 2.45) is 5.92 Å². The zero-order valence-electron chi connectivity index (χ0n) is 13.4. The summed E-state index contributed by atoms with van der Waals surface area (Å²) >= 11 is 0. The number of nitrogens with zero attached hydrogens (tertiary/aromatic N) is 1. The first-order valence-corrected chi connectivity index (χ1v) is 7.71. The molecule has 1 aliphatic heterocycles. The van der Waals surface area contributed by atoms with Crippen molar-refractivity contribution >= 4 is 23.2 Å². The van der Waals surface area contributed by atoms with Gasteiger partial charge in [0.15, 0.2) is 0 Å². The Kier molecular flexibility index (Phi) is 4.39. The van der Waals surface area contributed by atoms with E-state index in [-0.39, 0.29) is 30.1 Å². The number of rotatable bonds is 3. The van der Waals surface area contributed by atoms with Crippen molar-refractivity contribution in [1.29, 1.82) is 0 Å². The number of amides is 2. The van der Waals surface area contributed by atoms with Crippen molar-refractivity contribution in [1.82, 2.24) is 0 Å². The number of carbonyl (C=O) groups is 2. The molecule has 1 fully saturated rings. The van der Waals surface area contributed by atoms with E-state index in [4.69, 9.17) is 0 Å². The number of anilines is 2. The number of hydrogen-bond donors (Lipinski definition) is 2. The van der Waals surface area contributed by atoms with Crippen molar-refractivity contribution < 1.29 is 23.5 Å². The van der Waals surface area contributed by atoms with Crippen LogP contribution >= 0.6 is 0 Å². The lowest BCUT2D eigenvalue weighted by Crippen LogP contribution is -2.28. The maximum absolute atomic E-state index is 13.9. The highest BCUT2D eigenvalue weighted by Crippen LogP contribution is 2.30. The van der Waals surface area contributed by atoms with Crippen LogP contribution in [0.4, 0.5) is 20.2 Å². The van der Waals surface area contributed by atoms with E-state index in [1.165, 1.54) is 12.1 Å². The van der Waals surface area contributed by atoms with Gasteiger partial charge in [0.05, 0.1) is 17.3 Å². The number of carbonyl (C=O) groups excluding carboxylic acids is 2. The molecule has 7 heteroatoms. The fourth-order valence-corrected chi connectivity index (χ4v) is 2.80. The SMILES string of the molecule is Cc1ccc(O)c(NC(=O)C2CC(=O)N(c3ccc(F)cc3F)C2)c1. The molecule has 3 rings (SSSR count). The largest absolute Gasteiger partial charge is 0.506 e. The zero-order chi connectivity index (χ0) is 18.1. The summed E-state index contributed by atoms with van der Waals surface area (Å²) in [5, 5.41) is 12.4. The lowest BCUT2D eigenvalue weighted by atomic mass is 10.1. The normalized spacial score (nSPS) is 17.0. The van der Waals surface area contributed by atoms with Crippen molar-refractivity contribution in [2.45, 2.75) is 13.3 Å². The molecule has 0 aromatic heterocycles. The first kappa shape index (κ1) is 16.9. The van der Waals surface area contributed by atoms with Crippen LogP contribution in [0.15, 0.2) is 36.4 Å². The minimum atomic E-state index is -0.856. The number of aryl methyl sites for hydroxylation is 1. The van der Waals surface area contributed by atoms with E-state index < -0.39 is 29.4 Å². The van der Waals surface area contributed by atoms with Gasteiger partial charge in [-0.2, -0.15) is 0 Å². The van der Waals surface area contributed by atoms with E-state index in [0.29, 0.717) is 6.07 Å². The maximum atomic E-state index is 13.9. The van der Waals surface area contributed by atoms with Gasteiger partial charge in [-0.25, -0.2) is 8.78 Å². The van der Waals surface area contributed by atoms with E-state index in [0.717, 1.165) is 16.5 Å². The van der Waals surface area contributed by atoms with Crippen LogP contribution < -0.4 is 10.2 Å². The van der Waals surface area contributed by atoms with Crippen LogP contribution in [0.25, 0.3) is 0 Å². The Hall–Kier alpha value is -2.96. The van der Waals surface area contributed by atoms with Crippen LogP contribution in [-0.2, 0) is 9.59 Å². The number of nitrogens with one attached hydrogen (secondary N) is 1. The van der Waals surface area contributed by atoms with E-state index in [1.807, 2.05) is 6.92 Å². The third-order valence-electron chi connectivity index (χ3n) is 4.11. The van der Waals surface area contributed by atoms with Crippen LogP contribution in [0, 0.1) is 24.5 Å². The Morgan fingerprint density at radius 1 is 1.24 bits per heavy atom. The smallest absolute Gasteiger partial charge is 0.229 e. The third-order valence-corrected chi connectivity index (χ3v) is 4.11. The van der Waals surface area contributed by atoms with Gasteiger partial charge in [0.1, 0.15) is 17.4 Å². The first-order valence-electron chi connectivity index (χ1n) is 7.71. The molecule has 5 nitrogen and oxygen atoms in total. The number of phenols is 1. The Balaban J connectivity index is 1.75. The molecule has 0 spiro atoms. The van der Waals surface area contributed by atoms with Gasteiger partial charge in [-0.3, -0.25) is 9.59 Å². The number of benzene rings is 2. The van der Waals surface area contributed by atoms with Crippen LogP contribution in [0.1, 0.15) is 12.0 Å². The number of hydrogen-bond acceptors (Lipinski definition) is 3. The predicted molar refractivity (Wildman–Crippen MR) is 88.3 cm³/mol. The minimum absolute atomic E-state index is 0.0141. The van der Waals surface area contributed by atoms with Gasteiger partial charge in [0.25, 0.3) is 0 Å². The minimum Gasteiger partial charge on any atom is -0.506 e. The van der Waals surface area contributed by atoms with Crippen LogP contribution in [-0.4, -0.2) is 23.5 Å². The van der Waals surface area contributed by atoms with Gasteiger partial charge < -0.3 is 15.3 Å². The number of halogens is 2. The van der Waals surface area contributed by atoms with Crippen LogP contribution in [0.3, 0.4) is 0 Å². The van der Waals surface area contributed by atoms with Gasteiger partial charge >= 0.3 is 0 Å². The first-order chi connectivity index (χ1) is 11.8. The van der Waals surface area contributed by atoms with Gasteiger partial charge in [0.2, 0.25) is 11.8 Å². The maximum Gasteiger partial charge on any atom is 0.229 e. The molecule has 2 amide bonds. The van der Waals surface area contributed by atoms with Gasteiger partial charge in [0, 0.05) is 19.0 Å². The van der Waals surface area contributed by atoms with Crippen molar-refractivity contribution in [3.63, 3.8) is 0 Å². The predicted octanol–water partition coefficient (Wildman–Crippen LogP) is 2.97. The summed E-state index contributed by atoms with van der Waals surface area (Å²) in [6.07, 6.45) is -0.0881. The summed E-state index contributed by atoms with van der Waals surface area (Å²) in [6.45, 7) is 1.80. The monoisotopic (exact) mass is 346 g/mol. The molecule has 0 bridgehead atoms. The standard InChI is InChI=1S/C18H16F2N2O3/c1-10-2-5-16(23)14(6-10)21-18(25)11-7-17(24)22(9-11)15-4-3-12(19)8-13(15)20/h2-6,8,11,23H,7,9H2,1H3,(H,21,25). The van der Waals surface area contributed by atoms with Crippen molar-refractivity contribution in [3.8, 4) is 5.75 Å². The van der Waals surface area contributed by atoms with E-state index in [1.54, 1.807) is 12.1 Å². The molecule has 130 valence electrons. The summed E-state index contributed by atoms with van der Waals surface area (Å²) in [5.74, 6) is -3.23. The second kappa shape index (κ2) is 6.51. The summed E-state index contributed by atoms with van der Waals surface area (Å²) in [4.78, 5) is 25.7. The Morgan fingerprint density at radius 3 is 2.72 bits per heavy atom. The highest BCUT2D eigenvalue weighted by Gasteiger charge is 2.36. The second-order valence-corrected chi connectivity index (χ2v) is 6.01. The quantitative estimate of drug-likeness (QED) is 0.840. The molecule has 1 heterocycles. The molecule has 25 heavy (non-hydrogen) atoms. The molecular formula is C18H16F2N2O3. The number of phenolic OH excluding ortho intramolecular Hbond substituents is 1. The molecule has 1 aliphatic rings. The fourth-order valence-electron chi connectivity index (χ4n) is 2.80. The van der Waals surface area contributed by atoms with Crippen molar-refractivity contribution in [3.05, 3.63) is 53.6 Å². The zero-order valence-corrected chi connectivity index (χ0v) is 13.4. The molecule has 0 aliphatic carbocycles. The molecule has 2 aromatic carbocycles.